The molecule has 18 heteroatoms. The van der Waals surface area contributed by atoms with Crippen molar-refractivity contribution in [3.63, 3.8) is 0 Å². The number of nitrogens with zero attached hydrogens (tertiary/aromatic N) is 1. The zero-order valence-corrected chi connectivity index (χ0v) is 35.3. The highest BCUT2D eigenvalue weighted by Gasteiger charge is 2.54. The lowest BCUT2D eigenvalue weighted by atomic mass is 9.67. The first-order valence-corrected chi connectivity index (χ1v) is 20.0. The van der Waals surface area contributed by atoms with Gasteiger partial charge in [-0.1, -0.05) is 6.92 Å². The van der Waals surface area contributed by atoms with Crippen LogP contribution in [0.4, 0.5) is 0 Å². The Hall–Kier alpha value is -3.75. The van der Waals surface area contributed by atoms with Gasteiger partial charge in [0.1, 0.15) is 41.5 Å². The van der Waals surface area contributed by atoms with Crippen LogP contribution in [0.15, 0.2) is 18.2 Å². The molecule has 3 aliphatic heterocycles. The van der Waals surface area contributed by atoms with E-state index in [-0.39, 0.29) is 66.6 Å². The fourth-order valence-corrected chi connectivity index (χ4v) is 9.33. The first kappa shape index (κ1) is 45.8. The Labute approximate surface area is 353 Å². The largest absolute Gasteiger partial charge is 0.507 e. The SMILES string of the molecule is CC[C@@]1(O)C[C@H](O[C@@H]2CC(N(C)C)[C@@H](O[C@@H]3C[C@@H](O)[C@@H](O[C@@H]4CCC(=O)[C@@H](C)O4)C(C)O3)[C@@H](C)O2)c2c(cc3c(c2O)C(=O)c2c(O)ccc(O)c2C3=O)[C@H]1C(=O)OC.Cl. The van der Waals surface area contributed by atoms with Crippen LogP contribution in [-0.2, 0) is 42.7 Å². The number of phenols is 3. The summed E-state index contributed by atoms with van der Waals surface area (Å²) in [6.45, 7) is 6.89. The molecule has 17 nitrogen and oxygen atoms in total. The normalized spacial score (nSPS) is 35.3. The predicted octanol–water partition coefficient (Wildman–Crippen LogP) is 3.29. The molecule has 0 radical (unpaired) electrons. The van der Waals surface area contributed by atoms with Gasteiger partial charge in [-0.2, -0.15) is 0 Å². The topological polar surface area (TPSA) is 237 Å². The third kappa shape index (κ3) is 8.05. The molecule has 13 atom stereocenters. The van der Waals surface area contributed by atoms with Gasteiger partial charge in [-0.3, -0.25) is 19.2 Å². The number of hydrogen-bond acceptors (Lipinski definition) is 17. The number of ketones is 3. The number of rotatable bonds is 9. The van der Waals surface area contributed by atoms with Crippen molar-refractivity contribution in [2.75, 3.05) is 21.2 Å². The number of carbonyl (C=O) groups excluding carboxylic acids is 4. The van der Waals surface area contributed by atoms with E-state index < -0.39 is 125 Å². The quantitative estimate of drug-likeness (QED) is 0.153. The number of esters is 1. The average molecular weight is 864 g/mol. The van der Waals surface area contributed by atoms with E-state index in [4.69, 9.17) is 33.2 Å². The number of Topliss-reactive ketones (excluding diaryl/α,β-unsaturated/α-hetero) is 1. The van der Waals surface area contributed by atoms with Gasteiger partial charge in [-0.15, -0.1) is 12.4 Å². The molecule has 0 saturated carbocycles. The second kappa shape index (κ2) is 17.6. The molecular formula is C42H54ClNO16. The molecule has 7 rings (SSSR count). The van der Waals surface area contributed by atoms with Crippen LogP contribution < -0.4 is 0 Å². The number of halogens is 1. The van der Waals surface area contributed by atoms with Crippen LogP contribution in [0.2, 0.25) is 0 Å². The molecule has 5 aliphatic rings. The van der Waals surface area contributed by atoms with E-state index in [1.165, 1.54) is 6.07 Å². The Morgan fingerprint density at radius 3 is 2.05 bits per heavy atom. The number of aromatic hydroxyl groups is 3. The minimum atomic E-state index is -1.81. The van der Waals surface area contributed by atoms with E-state index in [0.29, 0.717) is 12.8 Å². The monoisotopic (exact) mass is 863 g/mol. The van der Waals surface area contributed by atoms with Gasteiger partial charge >= 0.3 is 5.97 Å². The minimum Gasteiger partial charge on any atom is -0.507 e. The van der Waals surface area contributed by atoms with Gasteiger partial charge in [0.15, 0.2) is 30.4 Å². The Balaban J connectivity index is 0.00000604. The molecule has 2 aliphatic carbocycles. The third-order valence-corrected chi connectivity index (χ3v) is 12.5. The van der Waals surface area contributed by atoms with Crippen LogP contribution in [0.3, 0.4) is 0 Å². The van der Waals surface area contributed by atoms with Crippen LogP contribution >= 0.6 is 12.4 Å². The number of benzene rings is 2. The van der Waals surface area contributed by atoms with Crippen LogP contribution in [0.5, 0.6) is 17.2 Å². The number of fused-ring (bicyclic) bond motifs is 3. The third-order valence-electron chi connectivity index (χ3n) is 12.5. The molecule has 0 bridgehead atoms. The van der Waals surface area contributed by atoms with E-state index in [1.807, 2.05) is 19.0 Å². The van der Waals surface area contributed by atoms with Crippen molar-refractivity contribution < 1.29 is 77.9 Å². The summed E-state index contributed by atoms with van der Waals surface area (Å²) < 4.78 is 42.6. The van der Waals surface area contributed by atoms with E-state index in [9.17, 15) is 44.7 Å². The minimum absolute atomic E-state index is 0. The van der Waals surface area contributed by atoms with Gasteiger partial charge in [0.05, 0.1) is 53.8 Å². The standard InChI is InChI=1S/C42H53NO16.ClH/c1-8-42(52)16-27(31-20(35(42)41(51)53-7)13-21-32(37(31)49)38(50)34-25(46)10-9-24(45)33(34)36(21)48)57-29-14-22(43(5)6)39(18(3)55-29)59-30-15-26(47)40(19(4)56-30)58-28-12-11-23(44)17(2)54-28;/h9-10,13,17-19,22,26-30,35,39-40,45-47,49,52H,8,11-12,14-16H2,1-7H3;1H/t17-,18-,19?,22?,26-,27+,28-,29-,30-,35+,39+,40+,42-;/m1./s1. The zero-order valence-electron chi connectivity index (χ0n) is 34.5. The molecule has 2 aromatic carbocycles. The van der Waals surface area contributed by atoms with Crippen molar-refractivity contribution in [3.05, 3.63) is 51.6 Å². The lowest BCUT2D eigenvalue weighted by Gasteiger charge is -2.48. The van der Waals surface area contributed by atoms with Gasteiger partial charge in [-0.25, -0.2) is 0 Å². The van der Waals surface area contributed by atoms with Crippen molar-refractivity contribution in [3.8, 4) is 17.2 Å². The summed E-state index contributed by atoms with van der Waals surface area (Å²) in [6.07, 6.45) is -6.99. The van der Waals surface area contributed by atoms with Crippen molar-refractivity contribution in [1.29, 1.82) is 0 Å². The van der Waals surface area contributed by atoms with Crippen molar-refractivity contribution in [1.82, 2.24) is 4.90 Å². The van der Waals surface area contributed by atoms with E-state index in [0.717, 1.165) is 19.2 Å². The molecule has 3 heterocycles. The molecular weight excluding hydrogens is 810 g/mol. The zero-order chi connectivity index (χ0) is 42.8. The lowest BCUT2D eigenvalue weighted by molar-refractivity contribution is -0.324. The maximum absolute atomic E-state index is 14.0. The average Bonchev–Trinajstić information content (AvgIpc) is 3.17. The maximum atomic E-state index is 14.0. The Kier molecular flexibility index (Phi) is 13.4. The van der Waals surface area contributed by atoms with Crippen LogP contribution in [0.1, 0.15) is 121 Å². The fraction of sp³-hybridized carbons (Fsp3) is 0.619. The summed E-state index contributed by atoms with van der Waals surface area (Å²) in [4.78, 5) is 55.1. The lowest BCUT2D eigenvalue weighted by Crippen LogP contribution is -2.58. The van der Waals surface area contributed by atoms with Gasteiger partial charge in [-0.05, 0) is 65.0 Å². The summed E-state index contributed by atoms with van der Waals surface area (Å²) >= 11 is 0. The molecule has 3 fully saturated rings. The number of likely N-dealkylation sites (N-methyl/N-ethyl adjacent to an activating group) is 1. The van der Waals surface area contributed by atoms with Gasteiger partial charge in [0.25, 0.3) is 0 Å². The maximum Gasteiger partial charge on any atom is 0.316 e. The van der Waals surface area contributed by atoms with Crippen molar-refractivity contribution in [2.24, 2.45) is 0 Å². The molecule has 0 aromatic heterocycles. The van der Waals surface area contributed by atoms with E-state index in [2.05, 4.69) is 0 Å². The molecule has 0 spiro atoms. The van der Waals surface area contributed by atoms with Crippen LogP contribution in [0.25, 0.3) is 0 Å². The van der Waals surface area contributed by atoms with Crippen LogP contribution in [0, 0.1) is 0 Å². The number of aliphatic hydroxyl groups is 2. The fourth-order valence-electron chi connectivity index (χ4n) is 9.33. The van der Waals surface area contributed by atoms with Crippen LogP contribution in [-0.4, -0.2) is 142 Å². The number of methoxy groups -OCH3 is 1. The Morgan fingerprint density at radius 1 is 0.867 bits per heavy atom. The summed E-state index contributed by atoms with van der Waals surface area (Å²) in [5.41, 5.74) is -3.58. The van der Waals surface area contributed by atoms with Gasteiger partial charge in [0, 0.05) is 49.3 Å². The Morgan fingerprint density at radius 2 is 1.47 bits per heavy atom. The van der Waals surface area contributed by atoms with E-state index in [1.54, 1.807) is 27.7 Å². The molecule has 2 unspecified atom stereocenters. The second-order valence-corrected chi connectivity index (χ2v) is 16.4. The summed E-state index contributed by atoms with van der Waals surface area (Å²) in [5, 5.41) is 56.5. The molecule has 0 amide bonds. The van der Waals surface area contributed by atoms with Gasteiger partial charge in [0.2, 0.25) is 5.78 Å². The molecule has 5 N–H and O–H groups in total. The van der Waals surface area contributed by atoms with E-state index >= 15 is 0 Å². The first-order valence-electron chi connectivity index (χ1n) is 20.0. The van der Waals surface area contributed by atoms with Crippen molar-refractivity contribution >= 4 is 35.7 Å². The summed E-state index contributed by atoms with van der Waals surface area (Å²) in [6, 6.07) is 3.01. The first-order chi connectivity index (χ1) is 27.9. The number of phenolic OH excluding ortho intramolecular Hbond substituents is 3. The predicted molar refractivity (Wildman–Crippen MR) is 210 cm³/mol. The highest BCUT2D eigenvalue weighted by Crippen LogP contribution is 2.54. The Bertz CT molecular complexity index is 2000. The number of ether oxygens (including phenoxy) is 7. The molecule has 3 saturated heterocycles. The number of hydrogen-bond donors (Lipinski definition) is 5. The highest BCUT2D eigenvalue weighted by molar-refractivity contribution is 6.31. The second-order valence-electron chi connectivity index (χ2n) is 16.4. The molecule has 60 heavy (non-hydrogen) atoms. The number of carbonyl (C=O) groups is 4. The van der Waals surface area contributed by atoms with Crippen molar-refractivity contribution in [2.45, 2.75) is 145 Å². The number of aliphatic hydroxyl groups excluding tert-OH is 1. The molecule has 2 aromatic rings. The smallest absolute Gasteiger partial charge is 0.316 e. The van der Waals surface area contributed by atoms with Gasteiger partial charge < -0.3 is 63.6 Å². The molecule has 330 valence electrons. The summed E-state index contributed by atoms with van der Waals surface area (Å²) in [7, 11) is 4.85. The highest BCUT2D eigenvalue weighted by atomic mass is 35.5. The summed E-state index contributed by atoms with van der Waals surface area (Å²) in [5.74, 6) is -5.90.